The fourth-order valence-electron chi connectivity index (χ4n) is 3.01. The van der Waals surface area contributed by atoms with E-state index in [0.717, 1.165) is 23.2 Å². The first-order chi connectivity index (χ1) is 8.69. The predicted octanol–water partition coefficient (Wildman–Crippen LogP) is 3.92. The summed E-state index contributed by atoms with van der Waals surface area (Å²) in [5, 5.41) is 3.72. The lowest BCUT2D eigenvalue weighted by atomic mass is 9.85. The van der Waals surface area contributed by atoms with Crippen molar-refractivity contribution in [3.8, 4) is 5.75 Å². The topological polar surface area (TPSA) is 21.3 Å². The molecule has 0 radical (unpaired) electrons. The maximum Gasteiger partial charge on any atom is 0.133 e. The van der Waals surface area contributed by atoms with Crippen LogP contribution in [0, 0.1) is 0 Å². The monoisotopic (exact) mass is 311 g/mol. The molecule has 18 heavy (non-hydrogen) atoms. The van der Waals surface area contributed by atoms with Gasteiger partial charge in [-0.05, 0) is 65.9 Å². The lowest BCUT2D eigenvalue weighted by molar-refractivity contribution is 0.341. The van der Waals surface area contributed by atoms with Crippen LogP contribution in [0.25, 0.3) is 0 Å². The molecule has 0 amide bonds. The minimum absolute atomic E-state index is 0.322. The number of benzene rings is 1. The average molecular weight is 312 g/mol. The van der Waals surface area contributed by atoms with E-state index in [1.54, 1.807) is 7.11 Å². The van der Waals surface area contributed by atoms with Gasteiger partial charge < -0.3 is 10.1 Å². The van der Waals surface area contributed by atoms with E-state index < -0.39 is 0 Å². The second kappa shape index (κ2) is 6.07. The zero-order valence-corrected chi connectivity index (χ0v) is 12.8. The van der Waals surface area contributed by atoms with E-state index in [1.807, 2.05) is 6.07 Å². The Balaban J connectivity index is 2.14. The summed E-state index contributed by atoms with van der Waals surface area (Å²) in [4.78, 5) is 0. The molecule has 1 aromatic rings. The van der Waals surface area contributed by atoms with Gasteiger partial charge in [-0.2, -0.15) is 0 Å². The normalized spacial score (nSPS) is 23.3. The highest BCUT2D eigenvalue weighted by molar-refractivity contribution is 9.10. The Bertz CT molecular complexity index is 399. The number of ether oxygens (including phenoxy) is 1. The predicted molar refractivity (Wildman–Crippen MR) is 79.3 cm³/mol. The first-order valence-corrected chi connectivity index (χ1v) is 7.56. The summed E-state index contributed by atoms with van der Waals surface area (Å²) in [6.07, 6.45) is 6.21. The van der Waals surface area contributed by atoms with E-state index in [1.165, 1.54) is 31.2 Å². The van der Waals surface area contributed by atoms with Crippen LogP contribution in [0.4, 0.5) is 0 Å². The number of nitrogens with one attached hydrogen (secondary N) is 1. The molecule has 1 atom stereocenters. The molecule has 1 aliphatic rings. The van der Waals surface area contributed by atoms with E-state index in [4.69, 9.17) is 4.74 Å². The van der Waals surface area contributed by atoms with Gasteiger partial charge in [0.2, 0.25) is 0 Å². The molecule has 0 spiro atoms. The first kappa shape index (κ1) is 13.9. The summed E-state index contributed by atoms with van der Waals surface area (Å²) in [6.45, 7) is 3.43. The Kier molecular flexibility index (Phi) is 4.68. The highest BCUT2D eigenvalue weighted by Gasteiger charge is 2.32. The molecule has 1 aliphatic heterocycles. The Morgan fingerprint density at radius 1 is 1.44 bits per heavy atom. The molecule has 1 saturated heterocycles. The minimum Gasteiger partial charge on any atom is -0.496 e. The largest absolute Gasteiger partial charge is 0.496 e. The smallest absolute Gasteiger partial charge is 0.133 e. The van der Waals surface area contributed by atoms with Gasteiger partial charge in [0.1, 0.15) is 5.75 Å². The lowest BCUT2D eigenvalue weighted by Gasteiger charge is -2.29. The van der Waals surface area contributed by atoms with Crippen molar-refractivity contribution in [3.05, 3.63) is 28.2 Å². The van der Waals surface area contributed by atoms with Gasteiger partial charge in [-0.25, -0.2) is 0 Å². The Morgan fingerprint density at radius 2 is 2.28 bits per heavy atom. The van der Waals surface area contributed by atoms with Gasteiger partial charge in [-0.1, -0.05) is 19.4 Å². The number of methoxy groups -OCH3 is 1. The molecule has 1 fully saturated rings. The maximum atomic E-state index is 5.28. The first-order valence-electron chi connectivity index (χ1n) is 6.76. The Morgan fingerprint density at radius 3 is 2.83 bits per heavy atom. The van der Waals surface area contributed by atoms with Gasteiger partial charge in [-0.3, -0.25) is 0 Å². The van der Waals surface area contributed by atoms with Crippen LogP contribution in [-0.4, -0.2) is 19.2 Å². The minimum atomic E-state index is 0.322. The third-order valence-corrected chi connectivity index (χ3v) is 4.44. The van der Waals surface area contributed by atoms with E-state index in [-0.39, 0.29) is 0 Å². The van der Waals surface area contributed by atoms with Crippen molar-refractivity contribution < 1.29 is 4.74 Å². The van der Waals surface area contributed by atoms with Crippen LogP contribution in [0.3, 0.4) is 0 Å². The molecule has 3 heteroatoms. The molecule has 0 bridgehead atoms. The van der Waals surface area contributed by atoms with E-state index in [9.17, 15) is 0 Å². The Hall–Kier alpha value is -0.540. The fraction of sp³-hybridized carbons (Fsp3) is 0.600. The van der Waals surface area contributed by atoms with Gasteiger partial charge >= 0.3 is 0 Å². The van der Waals surface area contributed by atoms with Crippen molar-refractivity contribution in [1.82, 2.24) is 5.32 Å². The molecule has 1 unspecified atom stereocenters. The van der Waals surface area contributed by atoms with Gasteiger partial charge in [0.25, 0.3) is 0 Å². The molecular formula is C15H22BrNO. The van der Waals surface area contributed by atoms with Crippen LogP contribution < -0.4 is 10.1 Å². The number of rotatable bonds is 5. The van der Waals surface area contributed by atoms with Crippen LogP contribution in [0.5, 0.6) is 5.75 Å². The molecule has 100 valence electrons. The van der Waals surface area contributed by atoms with Crippen LogP contribution in [0.2, 0.25) is 0 Å². The van der Waals surface area contributed by atoms with E-state index in [0.29, 0.717) is 5.54 Å². The lowest BCUT2D eigenvalue weighted by Crippen LogP contribution is -2.41. The standard InChI is InChI=1S/C15H22BrNO/c1-3-7-15(8-4-9-17-15)11-12-5-6-14(18-2)13(16)10-12/h5-6,10,17H,3-4,7-9,11H2,1-2H3. The maximum absolute atomic E-state index is 5.28. The molecule has 0 saturated carbocycles. The summed E-state index contributed by atoms with van der Waals surface area (Å²) in [5.41, 5.74) is 1.70. The van der Waals surface area contributed by atoms with Crippen LogP contribution in [0.1, 0.15) is 38.2 Å². The van der Waals surface area contributed by atoms with Crippen LogP contribution in [-0.2, 0) is 6.42 Å². The summed E-state index contributed by atoms with van der Waals surface area (Å²) in [6, 6.07) is 6.42. The SMILES string of the molecule is CCCC1(Cc2ccc(OC)c(Br)c2)CCCN1. The fourth-order valence-corrected chi connectivity index (χ4v) is 3.60. The van der Waals surface area contributed by atoms with Crippen molar-refractivity contribution >= 4 is 15.9 Å². The molecule has 1 aromatic carbocycles. The average Bonchev–Trinajstić information content (AvgIpc) is 2.78. The van der Waals surface area contributed by atoms with Crippen molar-refractivity contribution in [2.24, 2.45) is 0 Å². The van der Waals surface area contributed by atoms with Gasteiger partial charge in [0, 0.05) is 5.54 Å². The molecule has 1 heterocycles. The van der Waals surface area contributed by atoms with Crippen molar-refractivity contribution in [2.75, 3.05) is 13.7 Å². The van der Waals surface area contributed by atoms with Crippen LogP contribution >= 0.6 is 15.9 Å². The zero-order chi connectivity index (χ0) is 13.0. The van der Waals surface area contributed by atoms with E-state index >= 15 is 0 Å². The van der Waals surface area contributed by atoms with Gasteiger partial charge in [0.15, 0.2) is 0 Å². The third-order valence-electron chi connectivity index (χ3n) is 3.82. The number of hydrogen-bond donors (Lipinski definition) is 1. The summed E-state index contributed by atoms with van der Waals surface area (Å²) in [5.74, 6) is 0.905. The molecule has 2 nitrogen and oxygen atoms in total. The number of hydrogen-bond acceptors (Lipinski definition) is 2. The quantitative estimate of drug-likeness (QED) is 0.890. The van der Waals surface area contributed by atoms with Gasteiger partial charge in [0.05, 0.1) is 11.6 Å². The van der Waals surface area contributed by atoms with Crippen molar-refractivity contribution in [1.29, 1.82) is 0 Å². The second-order valence-corrected chi connectivity index (χ2v) is 6.06. The highest BCUT2D eigenvalue weighted by atomic mass is 79.9. The second-order valence-electron chi connectivity index (χ2n) is 5.21. The Labute approximate surface area is 118 Å². The van der Waals surface area contributed by atoms with E-state index in [2.05, 4.69) is 40.3 Å². The number of halogens is 1. The van der Waals surface area contributed by atoms with Crippen molar-refractivity contribution in [2.45, 2.75) is 44.6 Å². The summed E-state index contributed by atoms with van der Waals surface area (Å²) >= 11 is 3.57. The summed E-state index contributed by atoms with van der Waals surface area (Å²) in [7, 11) is 1.71. The van der Waals surface area contributed by atoms with Gasteiger partial charge in [-0.15, -0.1) is 0 Å². The third kappa shape index (κ3) is 3.07. The molecule has 1 N–H and O–H groups in total. The molecular weight excluding hydrogens is 290 g/mol. The molecule has 0 aromatic heterocycles. The van der Waals surface area contributed by atoms with Crippen molar-refractivity contribution in [3.63, 3.8) is 0 Å². The highest BCUT2D eigenvalue weighted by Crippen LogP contribution is 2.32. The zero-order valence-electron chi connectivity index (χ0n) is 11.3. The summed E-state index contributed by atoms with van der Waals surface area (Å²) < 4.78 is 6.33. The molecule has 2 rings (SSSR count). The molecule has 0 aliphatic carbocycles. The van der Waals surface area contributed by atoms with Crippen LogP contribution in [0.15, 0.2) is 22.7 Å².